The van der Waals surface area contributed by atoms with Gasteiger partial charge in [-0.3, -0.25) is 9.69 Å². The molecule has 0 bridgehead atoms. The van der Waals surface area contributed by atoms with Crippen molar-refractivity contribution in [2.75, 3.05) is 45.9 Å². The van der Waals surface area contributed by atoms with E-state index in [-0.39, 0.29) is 5.91 Å². The molecule has 0 aromatic carbocycles. The first-order valence-corrected chi connectivity index (χ1v) is 9.41. The Kier molecular flexibility index (Phi) is 5.28. The van der Waals surface area contributed by atoms with Crippen molar-refractivity contribution in [2.45, 2.75) is 44.2 Å². The number of likely N-dealkylation sites (tertiary alicyclic amines) is 1. The molecule has 138 valence electrons. The average molecular weight is 349 g/mol. The van der Waals surface area contributed by atoms with Crippen LogP contribution in [0.15, 0.2) is 4.52 Å². The Hall–Kier alpha value is -1.51. The van der Waals surface area contributed by atoms with Gasteiger partial charge in [0.25, 0.3) is 0 Å². The van der Waals surface area contributed by atoms with Gasteiger partial charge < -0.3 is 19.5 Å². The summed E-state index contributed by atoms with van der Waals surface area (Å²) in [7, 11) is 0. The minimum atomic E-state index is 0.174. The van der Waals surface area contributed by atoms with Gasteiger partial charge in [0, 0.05) is 31.6 Å². The van der Waals surface area contributed by atoms with Crippen molar-refractivity contribution in [1.82, 2.24) is 25.3 Å². The van der Waals surface area contributed by atoms with Crippen LogP contribution in [0.4, 0.5) is 0 Å². The van der Waals surface area contributed by atoms with E-state index in [4.69, 9.17) is 9.26 Å². The maximum absolute atomic E-state index is 12.2. The molecule has 0 spiro atoms. The van der Waals surface area contributed by atoms with E-state index in [9.17, 15) is 4.79 Å². The lowest BCUT2D eigenvalue weighted by molar-refractivity contribution is -0.134. The van der Waals surface area contributed by atoms with Crippen LogP contribution in [-0.2, 0) is 16.1 Å². The van der Waals surface area contributed by atoms with Crippen LogP contribution in [0.1, 0.15) is 43.3 Å². The first kappa shape index (κ1) is 16.9. The smallest absolute Gasteiger partial charge is 0.236 e. The Labute approximate surface area is 147 Å². The van der Waals surface area contributed by atoms with Crippen molar-refractivity contribution in [1.29, 1.82) is 0 Å². The number of carbonyl (C=O) groups excluding carboxylic acids is 1. The van der Waals surface area contributed by atoms with E-state index in [1.165, 1.54) is 12.8 Å². The molecule has 0 radical (unpaired) electrons. The highest BCUT2D eigenvalue weighted by Gasteiger charge is 2.30. The molecule has 0 unspecified atom stereocenters. The number of morpholine rings is 1. The molecule has 3 fully saturated rings. The summed E-state index contributed by atoms with van der Waals surface area (Å²) in [5.41, 5.74) is 0. The monoisotopic (exact) mass is 349 g/mol. The van der Waals surface area contributed by atoms with Crippen molar-refractivity contribution in [2.24, 2.45) is 0 Å². The molecule has 3 heterocycles. The summed E-state index contributed by atoms with van der Waals surface area (Å²) >= 11 is 0. The van der Waals surface area contributed by atoms with Crippen molar-refractivity contribution >= 4 is 5.91 Å². The third kappa shape index (κ3) is 4.56. The normalized spacial score (nSPS) is 25.3. The summed E-state index contributed by atoms with van der Waals surface area (Å²) in [5.74, 6) is 2.26. The van der Waals surface area contributed by atoms with E-state index >= 15 is 0 Å². The number of hydrogen-bond donors (Lipinski definition) is 1. The number of carbonyl (C=O) groups is 1. The average Bonchev–Trinajstić information content (AvgIpc) is 3.40. The number of amides is 1. The van der Waals surface area contributed by atoms with Crippen LogP contribution in [-0.4, -0.2) is 77.8 Å². The van der Waals surface area contributed by atoms with Gasteiger partial charge in [-0.2, -0.15) is 4.98 Å². The van der Waals surface area contributed by atoms with Gasteiger partial charge in [-0.25, -0.2) is 0 Å². The van der Waals surface area contributed by atoms with Crippen LogP contribution in [0.5, 0.6) is 0 Å². The van der Waals surface area contributed by atoms with Crippen LogP contribution in [0.25, 0.3) is 0 Å². The molecule has 1 aromatic heterocycles. The standard InChI is InChI=1S/C17H27N5O3/c23-16(22-6-8-24-9-7-22)10-18-14-2-1-5-21(11-14)12-15-19-17(25-20-15)13-3-4-13/h13-14,18H,1-12H2/t14-/m0/s1. The highest BCUT2D eigenvalue weighted by atomic mass is 16.5. The molecule has 25 heavy (non-hydrogen) atoms. The van der Waals surface area contributed by atoms with Crippen molar-refractivity contribution in [3.05, 3.63) is 11.7 Å². The lowest BCUT2D eigenvalue weighted by Gasteiger charge is -2.33. The molecular formula is C17H27N5O3. The van der Waals surface area contributed by atoms with Gasteiger partial charge >= 0.3 is 0 Å². The van der Waals surface area contributed by atoms with E-state index in [0.29, 0.717) is 44.8 Å². The van der Waals surface area contributed by atoms with Gasteiger partial charge in [0.05, 0.1) is 26.3 Å². The maximum Gasteiger partial charge on any atom is 0.236 e. The zero-order chi connectivity index (χ0) is 17.1. The second-order valence-electron chi connectivity index (χ2n) is 7.27. The predicted octanol–water partition coefficient (Wildman–Crippen LogP) is 0.360. The fraction of sp³-hybridized carbons (Fsp3) is 0.824. The molecule has 1 aromatic rings. The molecular weight excluding hydrogens is 322 g/mol. The van der Waals surface area contributed by atoms with Crippen LogP contribution in [0.3, 0.4) is 0 Å². The molecule has 1 amide bonds. The third-order valence-electron chi connectivity index (χ3n) is 5.19. The molecule has 8 nitrogen and oxygen atoms in total. The number of piperidine rings is 1. The van der Waals surface area contributed by atoms with Gasteiger partial charge in [-0.15, -0.1) is 0 Å². The second kappa shape index (κ2) is 7.80. The van der Waals surface area contributed by atoms with Crippen LogP contribution >= 0.6 is 0 Å². The first-order chi connectivity index (χ1) is 12.3. The summed E-state index contributed by atoms with van der Waals surface area (Å²) in [4.78, 5) is 21.0. The predicted molar refractivity (Wildman–Crippen MR) is 90.0 cm³/mol. The molecule has 2 aliphatic heterocycles. The number of nitrogens with zero attached hydrogens (tertiary/aromatic N) is 4. The summed E-state index contributed by atoms with van der Waals surface area (Å²) in [6, 6.07) is 0.341. The third-order valence-corrected chi connectivity index (χ3v) is 5.19. The minimum absolute atomic E-state index is 0.174. The van der Waals surface area contributed by atoms with E-state index < -0.39 is 0 Å². The summed E-state index contributed by atoms with van der Waals surface area (Å²) in [6.45, 7) is 5.81. The summed E-state index contributed by atoms with van der Waals surface area (Å²) in [6.07, 6.45) is 4.58. The second-order valence-corrected chi connectivity index (χ2v) is 7.27. The number of nitrogens with one attached hydrogen (secondary N) is 1. The molecule has 1 aliphatic carbocycles. The van der Waals surface area contributed by atoms with E-state index in [1.807, 2.05) is 4.90 Å². The number of aromatic nitrogens is 2. The Morgan fingerprint density at radius 1 is 1.20 bits per heavy atom. The SMILES string of the molecule is O=C(CN[C@H]1CCCN(Cc2noc(C3CC3)n2)C1)N1CCOCC1. The van der Waals surface area contributed by atoms with Crippen molar-refractivity contribution in [3.8, 4) is 0 Å². The number of ether oxygens (including phenoxy) is 1. The Bertz CT molecular complexity index is 583. The molecule has 8 heteroatoms. The van der Waals surface area contributed by atoms with Crippen molar-refractivity contribution < 1.29 is 14.1 Å². The van der Waals surface area contributed by atoms with Crippen LogP contribution < -0.4 is 5.32 Å². The first-order valence-electron chi connectivity index (χ1n) is 9.41. The highest BCUT2D eigenvalue weighted by Crippen LogP contribution is 2.38. The molecule has 2 saturated heterocycles. The molecule has 4 rings (SSSR count). The van der Waals surface area contributed by atoms with Crippen LogP contribution in [0.2, 0.25) is 0 Å². The van der Waals surface area contributed by atoms with E-state index in [0.717, 1.165) is 44.2 Å². The molecule has 1 atom stereocenters. The molecule has 1 saturated carbocycles. The van der Waals surface area contributed by atoms with Gasteiger partial charge in [0.2, 0.25) is 11.8 Å². The largest absolute Gasteiger partial charge is 0.378 e. The highest BCUT2D eigenvalue weighted by molar-refractivity contribution is 5.78. The Balaban J connectivity index is 1.22. The lowest BCUT2D eigenvalue weighted by atomic mass is 10.1. The van der Waals surface area contributed by atoms with Gasteiger partial charge in [-0.1, -0.05) is 5.16 Å². The number of rotatable bonds is 6. The molecule has 3 aliphatic rings. The number of hydrogen-bond acceptors (Lipinski definition) is 7. The Morgan fingerprint density at radius 2 is 2.04 bits per heavy atom. The fourth-order valence-corrected chi connectivity index (χ4v) is 3.55. The maximum atomic E-state index is 12.2. The van der Waals surface area contributed by atoms with Crippen LogP contribution in [0, 0.1) is 0 Å². The van der Waals surface area contributed by atoms with Gasteiger partial charge in [0.1, 0.15) is 0 Å². The molecule has 1 N–H and O–H groups in total. The van der Waals surface area contributed by atoms with Gasteiger partial charge in [-0.05, 0) is 32.2 Å². The fourth-order valence-electron chi connectivity index (χ4n) is 3.55. The zero-order valence-corrected chi connectivity index (χ0v) is 14.7. The lowest BCUT2D eigenvalue weighted by Crippen LogP contribution is -2.50. The topological polar surface area (TPSA) is 83.7 Å². The summed E-state index contributed by atoms with van der Waals surface area (Å²) in [5, 5.41) is 7.54. The zero-order valence-electron chi connectivity index (χ0n) is 14.7. The van der Waals surface area contributed by atoms with Gasteiger partial charge in [0.15, 0.2) is 5.82 Å². The summed E-state index contributed by atoms with van der Waals surface area (Å²) < 4.78 is 10.6. The minimum Gasteiger partial charge on any atom is -0.378 e. The Morgan fingerprint density at radius 3 is 2.84 bits per heavy atom. The van der Waals surface area contributed by atoms with E-state index in [2.05, 4.69) is 20.4 Å². The quantitative estimate of drug-likeness (QED) is 0.794. The van der Waals surface area contributed by atoms with E-state index in [1.54, 1.807) is 0 Å². The van der Waals surface area contributed by atoms with Crippen molar-refractivity contribution in [3.63, 3.8) is 0 Å².